The molecule has 2 heterocycles. The van der Waals surface area contributed by atoms with Gasteiger partial charge in [0.1, 0.15) is 10.7 Å². The number of nitrogens with two attached hydrogens (primary N) is 1. The van der Waals surface area contributed by atoms with E-state index in [1.165, 1.54) is 4.88 Å². The standard InChI is InChI=1S/C13H17N5OS/c1-8-6-17-13(20-8)9(2)16-7-10-4-3-5-15-11(10)12(14)18-19/h3-6,9,16,19H,7H2,1-2H3,(H2,14,18). The third-order valence-corrected chi connectivity index (χ3v) is 3.95. The number of aromatic nitrogens is 2. The molecule has 0 aromatic carbocycles. The Labute approximate surface area is 121 Å². The van der Waals surface area contributed by atoms with Crippen LogP contribution in [-0.4, -0.2) is 21.0 Å². The van der Waals surface area contributed by atoms with E-state index in [-0.39, 0.29) is 11.9 Å². The number of hydrogen-bond acceptors (Lipinski definition) is 6. The molecule has 1 atom stereocenters. The van der Waals surface area contributed by atoms with E-state index in [1.807, 2.05) is 25.3 Å². The summed E-state index contributed by atoms with van der Waals surface area (Å²) in [5.74, 6) is 0.0140. The third kappa shape index (κ3) is 3.31. The van der Waals surface area contributed by atoms with Gasteiger partial charge < -0.3 is 16.3 Å². The van der Waals surface area contributed by atoms with E-state index in [9.17, 15) is 0 Å². The molecule has 0 fully saturated rings. The molecule has 0 aliphatic carbocycles. The van der Waals surface area contributed by atoms with E-state index in [4.69, 9.17) is 10.9 Å². The van der Waals surface area contributed by atoms with Crippen LogP contribution >= 0.6 is 11.3 Å². The van der Waals surface area contributed by atoms with Gasteiger partial charge in [0.25, 0.3) is 0 Å². The van der Waals surface area contributed by atoms with Crippen molar-refractivity contribution in [2.75, 3.05) is 0 Å². The average molecular weight is 291 g/mol. The van der Waals surface area contributed by atoms with Gasteiger partial charge in [-0.05, 0) is 25.5 Å². The molecule has 0 bridgehead atoms. The van der Waals surface area contributed by atoms with E-state index < -0.39 is 0 Å². The maximum atomic E-state index is 8.77. The third-order valence-electron chi connectivity index (χ3n) is 2.85. The molecule has 0 aliphatic rings. The molecular formula is C13H17N5OS. The van der Waals surface area contributed by atoms with Gasteiger partial charge in [-0.2, -0.15) is 0 Å². The molecule has 2 aromatic heterocycles. The van der Waals surface area contributed by atoms with E-state index in [1.54, 1.807) is 17.5 Å². The van der Waals surface area contributed by atoms with Crippen molar-refractivity contribution >= 4 is 17.2 Å². The predicted molar refractivity (Wildman–Crippen MR) is 78.9 cm³/mol. The Balaban J connectivity index is 2.08. The molecule has 7 heteroatoms. The Kier molecular flexibility index (Phi) is 4.65. The quantitative estimate of drug-likeness (QED) is 0.338. The first kappa shape index (κ1) is 14.4. The number of thiazole rings is 1. The van der Waals surface area contributed by atoms with Gasteiger partial charge in [-0.15, -0.1) is 11.3 Å². The highest BCUT2D eigenvalue weighted by molar-refractivity contribution is 7.11. The van der Waals surface area contributed by atoms with Crippen LogP contribution in [0.15, 0.2) is 29.7 Å². The number of rotatable bonds is 5. The summed E-state index contributed by atoms with van der Waals surface area (Å²) < 4.78 is 0. The highest BCUT2D eigenvalue weighted by atomic mass is 32.1. The van der Waals surface area contributed by atoms with Crippen molar-refractivity contribution < 1.29 is 5.21 Å². The van der Waals surface area contributed by atoms with Crippen molar-refractivity contribution in [1.29, 1.82) is 0 Å². The fourth-order valence-electron chi connectivity index (χ4n) is 1.78. The van der Waals surface area contributed by atoms with Crippen LogP contribution in [0.3, 0.4) is 0 Å². The first-order valence-electron chi connectivity index (χ1n) is 6.19. The molecule has 0 spiro atoms. The lowest BCUT2D eigenvalue weighted by molar-refractivity contribution is 0.318. The highest BCUT2D eigenvalue weighted by Gasteiger charge is 2.12. The fraction of sp³-hybridized carbons (Fsp3) is 0.308. The average Bonchev–Trinajstić information content (AvgIpc) is 2.91. The van der Waals surface area contributed by atoms with Crippen molar-refractivity contribution in [2.45, 2.75) is 26.4 Å². The van der Waals surface area contributed by atoms with E-state index in [2.05, 4.69) is 27.4 Å². The SMILES string of the molecule is Cc1cnc(C(C)NCc2cccnc2/C(N)=N/O)s1. The molecule has 6 nitrogen and oxygen atoms in total. The largest absolute Gasteiger partial charge is 0.409 e. The summed E-state index contributed by atoms with van der Waals surface area (Å²) in [6.45, 7) is 4.66. The molecule has 0 saturated heterocycles. The van der Waals surface area contributed by atoms with E-state index >= 15 is 0 Å². The Bertz CT molecular complexity index is 610. The first-order valence-corrected chi connectivity index (χ1v) is 7.01. The molecule has 106 valence electrons. The molecular weight excluding hydrogens is 274 g/mol. The van der Waals surface area contributed by atoms with Crippen LogP contribution in [0.2, 0.25) is 0 Å². The number of amidine groups is 1. The smallest absolute Gasteiger partial charge is 0.189 e. The van der Waals surface area contributed by atoms with Gasteiger partial charge in [-0.25, -0.2) is 4.98 Å². The van der Waals surface area contributed by atoms with Crippen molar-refractivity contribution in [2.24, 2.45) is 10.9 Å². The number of nitrogens with zero attached hydrogens (tertiary/aromatic N) is 3. The molecule has 0 radical (unpaired) electrons. The zero-order valence-electron chi connectivity index (χ0n) is 11.4. The molecule has 0 amide bonds. The molecule has 2 rings (SSSR count). The van der Waals surface area contributed by atoms with E-state index in [0.717, 1.165) is 10.6 Å². The summed E-state index contributed by atoms with van der Waals surface area (Å²) in [6.07, 6.45) is 3.48. The summed E-state index contributed by atoms with van der Waals surface area (Å²) in [5.41, 5.74) is 6.98. The van der Waals surface area contributed by atoms with Crippen LogP contribution in [-0.2, 0) is 6.54 Å². The summed E-state index contributed by atoms with van der Waals surface area (Å²) >= 11 is 1.67. The first-order chi connectivity index (χ1) is 9.61. The molecule has 20 heavy (non-hydrogen) atoms. The van der Waals surface area contributed by atoms with Crippen LogP contribution in [0.5, 0.6) is 0 Å². The van der Waals surface area contributed by atoms with Crippen molar-refractivity contribution in [3.8, 4) is 0 Å². The maximum Gasteiger partial charge on any atom is 0.189 e. The molecule has 0 saturated carbocycles. The van der Waals surface area contributed by atoms with Crippen LogP contribution in [0.25, 0.3) is 0 Å². The van der Waals surface area contributed by atoms with Crippen molar-refractivity contribution in [3.63, 3.8) is 0 Å². The minimum atomic E-state index is 0.0140. The van der Waals surface area contributed by atoms with Gasteiger partial charge in [0, 0.05) is 23.8 Å². The fourth-order valence-corrected chi connectivity index (χ4v) is 2.58. The van der Waals surface area contributed by atoms with Gasteiger partial charge in [-0.1, -0.05) is 11.2 Å². The van der Waals surface area contributed by atoms with Gasteiger partial charge in [0.05, 0.1) is 6.04 Å². The van der Waals surface area contributed by atoms with Crippen LogP contribution in [0.4, 0.5) is 0 Å². The second-order valence-electron chi connectivity index (χ2n) is 4.41. The Morgan fingerprint density at radius 3 is 3.00 bits per heavy atom. The predicted octanol–water partition coefficient (Wildman–Crippen LogP) is 1.79. The van der Waals surface area contributed by atoms with Crippen molar-refractivity contribution in [3.05, 3.63) is 45.7 Å². The number of oxime groups is 1. The lowest BCUT2D eigenvalue weighted by atomic mass is 10.1. The summed E-state index contributed by atoms with van der Waals surface area (Å²) in [7, 11) is 0. The van der Waals surface area contributed by atoms with Crippen LogP contribution in [0, 0.1) is 6.92 Å². The minimum absolute atomic E-state index is 0.0140. The zero-order chi connectivity index (χ0) is 14.5. The number of hydrogen-bond donors (Lipinski definition) is 3. The lowest BCUT2D eigenvalue weighted by Gasteiger charge is -2.13. The molecule has 2 aromatic rings. The van der Waals surface area contributed by atoms with Crippen LogP contribution < -0.4 is 11.1 Å². The molecule has 0 aliphatic heterocycles. The lowest BCUT2D eigenvalue weighted by Crippen LogP contribution is -2.23. The summed E-state index contributed by atoms with van der Waals surface area (Å²) in [5, 5.41) is 16.2. The second-order valence-corrected chi connectivity index (χ2v) is 5.67. The number of pyridine rings is 1. The van der Waals surface area contributed by atoms with Crippen molar-refractivity contribution in [1.82, 2.24) is 15.3 Å². The highest BCUT2D eigenvalue weighted by Crippen LogP contribution is 2.19. The summed E-state index contributed by atoms with van der Waals surface area (Å²) in [6, 6.07) is 3.85. The number of nitrogens with one attached hydrogen (secondary N) is 1. The summed E-state index contributed by atoms with van der Waals surface area (Å²) in [4.78, 5) is 9.68. The molecule has 1 unspecified atom stereocenters. The van der Waals surface area contributed by atoms with Crippen LogP contribution in [0.1, 0.15) is 34.1 Å². The van der Waals surface area contributed by atoms with E-state index in [0.29, 0.717) is 12.2 Å². The maximum absolute atomic E-state index is 8.77. The normalized spacial score (nSPS) is 13.4. The van der Waals surface area contributed by atoms with Gasteiger partial charge >= 0.3 is 0 Å². The number of aryl methyl sites for hydroxylation is 1. The Hall–Kier alpha value is -1.99. The Morgan fingerprint density at radius 1 is 1.55 bits per heavy atom. The Morgan fingerprint density at radius 2 is 2.35 bits per heavy atom. The monoisotopic (exact) mass is 291 g/mol. The topological polar surface area (TPSA) is 96.4 Å². The zero-order valence-corrected chi connectivity index (χ0v) is 12.2. The second kappa shape index (κ2) is 6.44. The molecule has 4 N–H and O–H groups in total. The van der Waals surface area contributed by atoms with Gasteiger partial charge in [0.2, 0.25) is 0 Å². The minimum Gasteiger partial charge on any atom is -0.409 e. The van der Waals surface area contributed by atoms with Gasteiger partial charge in [-0.3, -0.25) is 4.98 Å². The van der Waals surface area contributed by atoms with Gasteiger partial charge in [0.15, 0.2) is 5.84 Å².